The van der Waals surface area contributed by atoms with E-state index in [9.17, 15) is 0 Å². The van der Waals surface area contributed by atoms with E-state index in [0.717, 1.165) is 12.1 Å². The molecule has 1 rings (SSSR count). The Morgan fingerprint density at radius 1 is 1.43 bits per heavy atom. The first kappa shape index (κ1) is 10.7. The number of rotatable bonds is 3. The first-order valence-corrected chi connectivity index (χ1v) is 4.89. The van der Waals surface area contributed by atoms with Crippen LogP contribution in [-0.4, -0.2) is 6.54 Å². The molecule has 2 heteroatoms. The van der Waals surface area contributed by atoms with Gasteiger partial charge in [0.25, 0.3) is 0 Å². The van der Waals surface area contributed by atoms with Crippen LogP contribution in [0.15, 0.2) is 18.2 Å². The van der Waals surface area contributed by atoms with Crippen LogP contribution in [-0.2, 0) is 0 Å². The average molecular weight is 188 g/mol. The SMILES string of the molecule is CCNC(C#N)c1cc(C)ccc1C. The van der Waals surface area contributed by atoms with Gasteiger partial charge in [0.05, 0.1) is 6.07 Å². The molecule has 1 unspecified atom stereocenters. The van der Waals surface area contributed by atoms with Crippen LogP contribution in [0.25, 0.3) is 0 Å². The summed E-state index contributed by atoms with van der Waals surface area (Å²) in [6.07, 6.45) is 0. The smallest absolute Gasteiger partial charge is 0.121 e. The van der Waals surface area contributed by atoms with Gasteiger partial charge in [-0.3, -0.25) is 5.32 Å². The average Bonchev–Trinajstić information content (AvgIpc) is 2.18. The molecule has 0 aliphatic carbocycles. The molecule has 1 atom stereocenters. The Morgan fingerprint density at radius 2 is 2.14 bits per heavy atom. The van der Waals surface area contributed by atoms with Crippen molar-refractivity contribution in [2.24, 2.45) is 0 Å². The lowest BCUT2D eigenvalue weighted by Crippen LogP contribution is -2.20. The standard InChI is InChI=1S/C12H16N2/c1-4-14-12(8-13)11-7-9(2)5-6-10(11)3/h5-7,12,14H,4H2,1-3H3. The van der Waals surface area contributed by atoms with Crippen LogP contribution in [0.3, 0.4) is 0 Å². The highest BCUT2D eigenvalue weighted by atomic mass is 14.9. The van der Waals surface area contributed by atoms with Crippen molar-refractivity contribution in [3.8, 4) is 6.07 Å². The summed E-state index contributed by atoms with van der Waals surface area (Å²) in [5, 5.41) is 12.2. The molecule has 1 aromatic carbocycles. The lowest BCUT2D eigenvalue weighted by molar-refractivity contribution is 0.655. The Bertz CT molecular complexity index is 350. The van der Waals surface area contributed by atoms with E-state index in [-0.39, 0.29) is 6.04 Å². The number of nitrogens with zero attached hydrogens (tertiary/aromatic N) is 1. The highest BCUT2D eigenvalue weighted by Crippen LogP contribution is 2.18. The summed E-state index contributed by atoms with van der Waals surface area (Å²) in [7, 11) is 0. The van der Waals surface area contributed by atoms with Crippen LogP contribution in [0.4, 0.5) is 0 Å². The van der Waals surface area contributed by atoms with Crippen molar-refractivity contribution in [1.29, 1.82) is 5.26 Å². The first-order chi connectivity index (χ1) is 6.69. The minimum atomic E-state index is -0.181. The van der Waals surface area contributed by atoms with Crippen molar-refractivity contribution in [2.45, 2.75) is 26.8 Å². The molecule has 0 aliphatic rings. The fourth-order valence-corrected chi connectivity index (χ4v) is 1.50. The highest BCUT2D eigenvalue weighted by molar-refractivity contribution is 5.35. The number of benzene rings is 1. The predicted octanol–water partition coefficient (Wildman–Crippen LogP) is 2.48. The van der Waals surface area contributed by atoms with E-state index in [0.29, 0.717) is 0 Å². The second-order valence-electron chi connectivity index (χ2n) is 3.48. The van der Waals surface area contributed by atoms with Crippen molar-refractivity contribution >= 4 is 0 Å². The summed E-state index contributed by atoms with van der Waals surface area (Å²) in [5.41, 5.74) is 3.46. The maximum Gasteiger partial charge on any atom is 0.121 e. The van der Waals surface area contributed by atoms with Gasteiger partial charge in [-0.1, -0.05) is 30.7 Å². The third-order valence-corrected chi connectivity index (χ3v) is 2.28. The maximum absolute atomic E-state index is 9.01. The summed E-state index contributed by atoms with van der Waals surface area (Å²) in [5.74, 6) is 0. The summed E-state index contributed by atoms with van der Waals surface area (Å²) >= 11 is 0. The first-order valence-electron chi connectivity index (χ1n) is 4.89. The molecule has 0 aliphatic heterocycles. The lowest BCUT2D eigenvalue weighted by atomic mass is 10.00. The zero-order valence-corrected chi connectivity index (χ0v) is 8.96. The van der Waals surface area contributed by atoms with Gasteiger partial charge < -0.3 is 0 Å². The van der Waals surface area contributed by atoms with Crippen LogP contribution >= 0.6 is 0 Å². The molecule has 1 N–H and O–H groups in total. The van der Waals surface area contributed by atoms with Crippen LogP contribution in [0.2, 0.25) is 0 Å². The van der Waals surface area contributed by atoms with Crippen LogP contribution in [0, 0.1) is 25.2 Å². The Morgan fingerprint density at radius 3 is 2.71 bits per heavy atom. The molecule has 0 spiro atoms. The van der Waals surface area contributed by atoms with E-state index in [1.807, 2.05) is 20.8 Å². The number of aryl methyl sites for hydroxylation is 2. The summed E-state index contributed by atoms with van der Waals surface area (Å²) in [6, 6.07) is 8.30. The molecule has 0 heterocycles. The molecular weight excluding hydrogens is 172 g/mol. The second kappa shape index (κ2) is 4.78. The van der Waals surface area contributed by atoms with Gasteiger partial charge in [0, 0.05) is 0 Å². The van der Waals surface area contributed by atoms with Crippen LogP contribution in [0.5, 0.6) is 0 Å². The van der Waals surface area contributed by atoms with E-state index in [2.05, 4.69) is 29.6 Å². The van der Waals surface area contributed by atoms with Crippen molar-refractivity contribution in [1.82, 2.24) is 5.32 Å². The van der Waals surface area contributed by atoms with E-state index in [1.165, 1.54) is 11.1 Å². The summed E-state index contributed by atoms with van der Waals surface area (Å²) < 4.78 is 0. The van der Waals surface area contributed by atoms with Gasteiger partial charge >= 0.3 is 0 Å². The van der Waals surface area contributed by atoms with Gasteiger partial charge in [-0.2, -0.15) is 5.26 Å². The Labute approximate surface area is 85.6 Å². The number of nitriles is 1. The zero-order chi connectivity index (χ0) is 10.6. The Balaban J connectivity index is 3.03. The number of hydrogen-bond acceptors (Lipinski definition) is 2. The topological polar surface area (TPSA) is 35.8 Å². The largest absolute Gasteiger partial charge is 0.298 e. The maximum atomic E-state index is 9.01. The number of nitrogens with one attached hydrogen (secondary N) is 1. The highest BCUT2D eigenvalue weighted by Gasteiger charge is 2.10. The lowest BCUT2D eigenvalue weighted by Gasteiger charge is -2.13. The normalized spacial score (nSPS) is 12.1. The van der Waals surface area contributed by atoms with Crippen molar-refractivity contribution < 1.29 is 0 Å². The third-order valence-electron chi connectivity index (χ3n) is 2.28. The molecule has 0 radical (unpaired) electrons. The Hall–Kier alpha value is -1.33. The molecule has 0 bridgehead atoms. The molecule has 0 aromatic heterocycles. The third kappa shape index (κ3) is 2.34. The molecular formula is C12H16N2. The summed E-state index contributed by atoms with van der Waals surface area (Å²) in [4.78, 5) is 0. The summed E-state index contributed by atoms with van der Waals surface area (Å²) in [6.45, 7) is 6.90. The molecule has 0 saturated heterocycles. The second-order valence-corrected chi connectivity index (χ2v) is 3.48. The minimum Gasteiger partial charge on any atom is -0.298 e. The molecule has 2 nitrogen and oxygen atoms in total. The zero-order valence-electron chi connectivity index (χ0n) is 8.96. The molecule has 0 amide bonds. The van der Waals surface area contributed by atoms with Crippen LogP contribution < -0.4 is 5.32 Å². The number of hydrogen-bond donors (Lipinski definition) is 1. The fraction of sp³-hybridized carbons (Fsp3) is 0.417. The van der Waals surface area contributed by atoms with E-state index < -0.39 is 0 Å². The van der Waals surface area contributed by atoms with Crippen molar-refractivity contribution in [3.63, 3.8) is 0 Å². The Kier molecular flexibility index (Phi) is 3.67. The van der Waals surface area contributed by atoms with Gasteiger partial charge in [0.2, 0.25) is 0 Å². The molecule has 1 aromatic rings. The minimum absolute atomic E-state index is 0.181. The van der Waals surface area contributed by atoms with Gasteiger partial charge in [-0.15, -0.1) is 0 Å². The van der Waals surface area contributed by atoms with Crippen LogP contribution in [0.1, 0.15) is 29.7 Å². The fourth-order valence-electron chi connectivity index (χ4n) is 1.50. The van der Waals surface area contributed by atoms with E-state index >= 15 is 0 Å². The van der Waals surface area contributed by atoms with E-state index in [1.54, 1.807) is 0 Å². The molecule has 0 fully saturated rings. The predicted molar refractivity (Wildman–Crippen MR) is 57.9 cm³/mol. The molecule has 74 valence electrons. The van der Waals surface area contributed by atoms with Gasteiger partial charge in [-0.05, 0) is 31.5 Å². The molecule has 14 heavy (non-hydrogen) atoms. The quantitative estimate of drug-likeness (QED) is 0.791. The monoisotopic (exact) mass is 188 g/mol. The molecule has 0 saturated carbocycles. The van der Waals surface area contributed by atoms with Gasteiger partial charge in [0.1, 0.15) is 6.04 Å². The van der Waals surface area contributed by atoms with Crippen molar-refractivity contribution in [3.05, 3.63) is 34.9 Å². The van der Waals surface area contributed by atoms with Crippen molar-refractivity contribution in [2.75, 3.05) is 6.54 Å². The van der Waals surface area contributed by atoms with Gasteiger partial charge in [0.15, 0.2) is 0 Å². The van der Waals surface area contributed by atoms with E-state index in [4.69, 9.17) is 5.26 Å². The van der Waals surface area contributed by atoms with Gasteiger partial charge in [-0.25, -0.2) is 0 Å².